The van der Waals surface area contributed by atoms with E-state index in [-0.39, 0.29) is 24.8 Å². The quantitative estimate of drug-likeness (QED) is 0.763. The number of hydrogen-bond donors (Lipinski definition) is 0. The maximum Gasteiger partial charge on any atom is 0.306 e. The van der Waals surface area contributed by atoms with Crippen LogP contribution in [0.1, 0.15) is 17.5 Å². The predicted molar refractivity (Wildman–Crippen MR) is 77.5 cm³/mol. The van der Waals surface area contributed by atoms with E-state index < -0.39 is 0 Å². The Bertz CT molecular complexity index is 610. The number of carbonyl (C=O) groups excluding carboxylic acids is 1. The summed E-state index contributed by atoms with van der Waals surface area (Å²) in [6, 6.07) is 13.6. The molecule has 0 aliphatic carbocycles. The molecular weight excluding hydrogens is 271 g/mol. The Balaban J connectivity index is 1.79. The second-order valence-corrected chi connectivity index (χ2v) is 4.64. The van der Waals surface area contributed by atoms with Gasteiger partial charge < -0.3 is 9.47 Å². The van der Waals surface area contributed by atoms with Crippen molar-refractivity contribution < 1.29 is 18.7 Å². The number of esters is 1. The van der Waals surface area contributed by atoms with Crippen LogP contribution in [0, 0.1) is 5.82 Å². The van der Waals surface area contributed by atoms with Gasteiger partial charge in [0.25, 0.3) is 0 Å². The zero-order valence-electron chi connectivity index (χ0n) is 11.8. The number of aryl methyl sites for hydroxylation is 1. The molecule has 0 amide bonds. The molecular formula is C17H17FO3. The highest BCUT2D eigenvalue weighted by atomic mass is 19.1. The summed E-state index contributed by atoms with van der Waals surface area (Å²) >= 11 is 0. The zero-order valence-corrected chi connectivity index (χ0v) is 11.8. The first-order chi connectivity index (χ1) is 10.2. The maximum atomic E-state index is 13.0. The van der Waals surface area contributed by atoms with Crippen LogP contribution >= 0.6 is 0 Å². The van der Waals surface area contributed by atoms with E-state index in [0.717, 1.165) is 11.3 Å². The van der Waals surface area contributed by atoms with E-state index >= 15 is 0 Å². The fourth-order valence-electron chi connectivity index (χ4n) is 1.94. The molecule has 0 fully saturated rings. The largest absolute Gasteiger partial charge is 0.497 e. The van der Waals surface area contributed by atoms with E-state index in [2.05, 4.69) is 0 Å². The number of rotatable bonds is 6. The van der Waals surface area contributed by atoms with Crippen LogP contribution in [0.3, 0.4) is 0 Å². The number of benzene rings is 2. The molecule has 0 radical (unpaired) electrons. The van der Waals surface area contributed by atoms with Crippen LogP contribution in [0.15, 0.2) is 48.5 Å². The van der Waals surface area contributed by atoms with Crippen LogP contribution in [0.4, 0.5) is 4.39 Å². The van der Waals surface area contributed by atoms with Crippen molar-refractivity contribution in [3.8, 4) is 5.75 Å². The molecule has 110 valence electrons. The van der Waals surface area contributed by atoms with Gasteiger partial charge in [-0.2, -0.15) is 0 Å². The number of ether oxygens (including phenoxy) is 2. The summed E-state index contributed by atoms with van der Waals surface area (Å²) in [5.41, 5.74) is 1.65. The van der Waals surface area contributed by atoms with Gasteiger partial charge in [0, 0.05) is 6.42 Å². The van der Waals surface area contributed by atoms with E-state index in [0.29, 0.717) is 12.0 Å². The van der Waals surface area contributed by atoms with Crippen LogP contribution in [-0.4, -0.2) is 13.1 Å². The molecule has 0 aliphatic rings. The molecule has 0 aliphatic heterocycles. The number of carbonyl (C=O) groups is 1. The summed E-state index contributed by atoms with van der Waals surface area (Å²) in [5.74, 6) is 0.127. The molecule has 0 spiro atoms. The minimum Gasteiger partial charge on any atom is -0.497 e. The third-order valence-electron chi connectivity index (χ3n) is 3.04. The van der Waals surface area contributed by atoms with E-state index in [9.17, 15) is 9.18 Å². The molecule has 2 aromatic carbocycles. The van der Waals surface area contributed by atoms with Gasteiger partial charge in [-0.05, 0) is 41.8 Å². The normalized spacial score (nSPS) is 10.2. The zero-order chi connectivity index (χ0) is 15.1. The van der Waals surface area contributed by atoms with Gasteiger partial charge in [-0.25, -0.2) is 4.39 Å². The van der Waals surface area contributed by atoms with Gasteiger partial charge in [-0.3, -0.25) is 4.79 Å². The van der Waals surface area contributed by atoms with Crippen molar-refractivity contribution in [3.05, 3.63) is 65.5 Å². The van der Waals surface area contributed by atoms with Gasteiger partial charge in [0.05, 0.1) is 7.11 Å². The standard InChI is InChI=1S/C17H17FO3/c1-20-16-7-3-4-13(11-16)8-9-17(19)21-12-14-5-2-6-15(18)10-14/h2-7,10-11H,8-9,12H2,1H3. The SMILES string of the molecule is COc1cccc(CCC(=O)OCc2cccc(F)c2)c1. The lowest BCUT2D eigenvalue weighted by Gasteiger charge is -2.06. The van der Waals surface area contributed by atoms with E-state index in [1.165, 1.54) is 12.1 Å². The third-order valence-corrected chi connectivity index (χ3v) is 3.04. The monoisotopic (exact) mass is 288 g/mol. The highest BCUT2D eigenvalue weighted by Crippen LogP contribution is 2.14. The molecule has 0 heterocycles. The topological polar surface area (TPSA) is 35.5 Å². The highest BCUT2D eigenvalue weighted by molar-refractivity contribution is 5.69. The minimum absolute atomic E-state index is 0.0920. The lowest BCUT2D eigenvalue weighted by molar-refractivity contribution is -0.144. The average Bonchev–Trinajstić information content (AvgIpc) is 2.51. The third kappa shape index (κ3) is 4.91. The van der Waals surface area contributed by atoms with Gasteiger partial charge in [0.1, 0.15) is 18.2 Å². The molecule has 0 atom stereocenters. The Kier molecular flexibility index (Phi) is 5.32. The molecule has 0 saturated carbocycles. The lowest BCUT2D eigenvalue weighted by Crippen LogP contribution is -2.06. The van der Waals surface area contributed by atoms with Crippen molar-refractivity contribution in [1.82, 2.24) is 0 Å². The Hall–Kier alpha value is -2.36. The first-order valence-corrected chi connectivity index (χ1v) is 6.70. The number of hydrogen-bond acceptors (Lipinski definition) is 3. The Morgan fingerprint density at radius 1 is 1.10 bits per heavy atom. The molecule has 21 heavy (non-hydrogen) atoms. The summed E-state index contributed by atoms with van der Waals surface area (Å²) in [5, 5.41) is 0. The molecule has 0 N–H and O–H groups in total. The fourth-order valence-corrected chi connectivity index (χ4v) is 1.94. The fraction of sp³-hybridized carbons (Fsp3) is 0.235. The van der Waals surface area contributed by atoms with Gasteiger partial charge in [-0.1, -0.05) is 24.3 Å². The molecule has 0 bridgehead atoms. The Morgan fingerprint density at radius 2 is 1.86 bits per heavy atom. The summed E-state index contributed by atoms with van der Waals surface area (Å²) in [6.45, 7) is 0.0920. The second kappa shape index (κ2) is 7.43. The predicted octanol–water partition coefficient (Wildman–Crippen LogP) is 3.51. The van der Waals surface area contributed by atoms with E-state index in [1.807, 2.05) is 24.3 Å². The first kappa shape index (κ1) is 15.0. The van der Waals surface area contributed by atoms with Crippen molar-refractivity contribution in [1.29, 1.82) is 0 Å². The highest BCUT2D eigenvalue weighted by Gasteiger charge is 2.05. The first-order valence-electron chi connectivity index (χ1n) is 6.70. The molecule has 2 rings (SSSR count). The molecule has 4 heteroatoms. The lowest BCUT2D eigenvalue weighted by atomic mass is 10.1. The summed E-state index contributed by atoms with van der Waals surface area (Å²) in [4.78, 5) is 11.7. The summed E-state index contributed by atoms with van der Waals surface area (Å²) in [6.07, 6.45) is 0.863. The van der Waals surface area contributed by atoms with Crippen molar-refractivity contribution in [2.45, 2.75) is 19.4 Å². The maximum absolute atomic E-state index is 13.0. The van der Waals surface area contributed by atoms with Crippen molar-refractivity contribution in [2.75, 3.05) is 7.11 Å². The Morgan fingerprint density at radius 3 is 2.62 bits per heavy atom. The van der Waals surface area contributed by atoms with E-state index in [1.54, 1.807) is 19.2 Å². The van der Waals surface area contributed by atoms with Crippen molar-refractivity contribution >= 4 is 5.97 Å². The van der Waals surface area contributed by atoms with Crippen molar-refractivity contribution in [3.63, 3.8) is 0 Å². The van der Waals surface area contributed by atoms with Crippen LogP contribution in [0.2, 0.25) is 0 Å². The average molecular weight is 288 g/mol. The van der Waals surface area contributed by atoms with Crippen LogP contribution in [-0.2, 0) is 22.6 Å². The second-order valence-electron chi connectivity index (χ2n) is 4.64. The molecule has 2 aromatic rings. The van der Waals surface area contributed by atoms with Gasteiger partial charge >= 0.3 is 5.97 Å². The summed E-state index contributed by atoms with van der Waals surface area (Å²) in [7, 11) is 1.60. The number of methoxy groups -OCH3 is 1. The number of halogens is 1. The van der Waals surface area contributed by atoms with Crippen LogP contribution < -0.4 is 4.74 Å². The van der Waals surface area contributed by atoms with Crippen LogP contribution in [0.25, 0.3) is 0 Å². The smallest absolute Gasteiger partial charge is 0.306 e. The molecule has 0 unspecified atom stereocenters. The van der Waals surface area contributed by atoms with Crippen molar-refractivity contribution in [2.24, 2.45) is 0 Å². The van der Waals surface area contributed by atoms with Gasteiger partial charge in [-0.15, -0.1) is 0 Å². The molecule has 0 saturated heterocycles. The van der Waals surface area contributed by atoms with Gasteiger partial charge in [0.15, 0.2) is 0 Å². The van der Waals surface area contributed by atoms with Gasteiger partial charge in [0.2, 0.25) is 0 Å². The Labute approximate surface area is 123 Å². The minimum atomic E-state index is -0.333. The summed E-state index contributed by atoms with van der Waals surface area (Å²) < 4.78 is 23.2. The molecule has 0 aromatic heterocycles. The van der Waals surface area contributed by atoms with E-state index in [4.69, 9.17) is 9.47 Å². The molecule has 3 nitrogen and oxygen atoms in total. The van der Waals surface area contributed by atoms with Crippen LogP contribution in [0.5, 0.6) is 5.75 Å².